The van der Waals surface area contributed by atoms with Crippen molar-refractivity contribution in [2.75, 3.05) is 17.1 Å². The number of anilines is 1. The zero-order valence-corrected chi connectivity index (χ0v) is 17.6. The van der Waals surface area contributed by atoms with Crippen molar-refractivity contribution >= 4 is 21.6 Å². The Hall–Kier alpha value is -1.56. The number of hydrogen-bond acceptors (Lipinski definition) is 3. The molecular weight excluding hydrogens is 348 g/mol. The van der Waals surface area contributed by atoms with Gasteiger partial charge >= 0.3 is 0 Å². The predicted molar refractivity (Wildman–Crippen MR) is 109 cm³/mol. The molecule has 0 fully saturated rings. The van der Waals surface area contributed by atoms with Gasteiger partial charge in [0, 0.05) is 6.54 Å². The molecule has 1 aromatic carbocycles. The number of carbonyl (C=O) groups is 1. The Morgan fingerprint density at radius 2 is 1.73 bits per heavy atom. The van der Waals surface area contributed by atoms with Gasteiger partial charge in [-0.05, 0) is 37.8 Å². The summed E-state index contributed by atoms with van der Waals surface area (Å²) in [6, 6.07) is 6.48. The number of unbranched alkanes of at least 4 members (excludes halogenated alkanes) is 1. The van der Waals surface area contributed by atoms with E-state index in [4.69, 9.17) is 0 Å². The van der Waals surface area contributed by atoms with Crippen molar-refractivity contribution in [3.8, 4) is 0 Å². The monoisotopic (exact) mass is 382 g/mol. The highest BCUT2D eigenvalue weighted by Crippen LogP contribution is 2.23. The molecule has 2 atom stereocenters. The van der Waals surface area contributed by atoms with Crippen LogP contribution in [0.2, 0.25) is 0 Å². The van der Waals surface area contributed by atoms with Gasteiger partial charge < -0.3 is 5.32 Å². The molecule has 0 bridgehead atoms. The number of sulfonamides is 1. The van der Waals surface area contributed by atoms with Gasteiger partial charge in [0.1, 0.15) is 6.04 Å². The maximum Gasteiger partial charge on any atom is 0.243 e. The molecular formula is C20H34N2O3S. The van der Waals surface area contributed by atoms with Gasteiger partial charge in [-0.1, -0.05) is 57.7 Å². The first-order valence-corrected chi connectivity index (χ1v) is 11.4. The van der Waals surface area contributed by atoms with Gasteiger partial charge in [-0.2, -0.15) is 0 Å². The second-order valence-corrected chi connectivity index (χ2v) is 8.84. The van der Waals surface area contributed by atoms with Crippen molar-refractivity contribution in [1.29, 1.82) is 0 Å². The van der Waals surface area contributed by atoms with Crippen molar-refractivity contribution in [2.45, 2.75) is 65.8 Å². The molecule has 1 amide bonds. The van der Waals surface area contributed by atoms with E-state index in [0.717, 1.165) is 37.5 Å². The molecule has 26 heavy (non-hydrogen) atoms. The summed E-state index contributed by atoms with van der Waals surface area (Å²) >= 11 is 0. The minimum atomic E-state index is -3.57. The summed E-state index contributed by atoms with van der Waals surface area (Å²) in [5.74, 6) is 0.205. The van der Waals surface area contributed by atoms with E-state index in [-0.39, 0.29) is 5.91 Å². The van der Waals surface area contributed by atoms with Gasteiger partial charge in [0.2, 0.25) is 15.9 Å². The minimum absolute atomic E-state index is 0.228. The van der Waals surface area contributed by atoms with E-state index in [1.807, 2.05) is 26.0 Å². The fourth-order valence-electron chi connectivity index (χ4n) is 3.06. The summed E-state index contributed by atoms with van der Waals surface area (Å²) in [7, 11) is -3.57. The van der Waals surface area contributed by atoms with Gasteiger partial charge in [-0.3, -0.25) is 9.10 Å². The molecule has 0 saturated heterocycles. The van der Waals surface area contributed by atoms with E-state index in [0.29, 0.717) is 24.6 Å². The highest BCUT2D eigenvalue weighted by Gasteiger charge is 2.31. The lowest BCUT2D eigenvalue weighted by Gasteiger charge is -2.30. The third-order valence-corrected chi connectivity index (χ3v) is 5.91. The van der Waals surface area contributed by atoms with Gasteiger partial charge in [-0.25, -0.2) is 8.42 Å². The molecule has 1 aromatic rings. The third kappa shape index (κ3) is 6.63. The summed E-state index contributed by atoms with van der Waals surface area (Å²) in [6.07, 6.45) is 5.93. The van der Waals surface area contributed by atoms with Crippen molar-refractivity contribution in [3.63, 3.8) is 0 Å². The number of amides is 1. The molecule has 0 saturated carbocycles. The van der Waals surface area contributed by atoms with Crippen molar-refractivity contribution in [1.82, 2.24) is 5.32 Å². The molecule has 0 spiro atoms. The lowest BCUT2D eigenvalue weighted by molar-refractivity contribution is -0.122. The minimum Gasteiger partial charge on any atom is -0.354 e. The molecule has 5 nitrogen and oxygen atoms in total. The van der Waals surface area contributed by atoms with E-state index in [9.17, 15) is 13.2 Å². The quantitative estimate of drug-likeness (QED) is 0.632. The van der Waals surface area contributed by atoms with E-state index in [1.165, 1.54) is 4.31 Å². The molecule has 0 heterocycles. The van der Waals surface area contributed by atoms with Gasteiger partial charge in [0.05, 0.1) is 11.9 Å². The molecule has 0 radical (unpaired) electrons. The summed E-state index contributed by atoms with van der Waals surface area (Å²) in [6.45, 7) is 8.66. The number of aryl methyl sites for hydroxylation is 1. The highest BCUT2D eigenvalue weighted by molar-refractivity contribution is 7.92. The van der Waals surface area contributed by atoms with Crippen LogP contribution in [0.3, 0.4) is 0 Å². The van der Waals surface area contributed by atoms with E-state index in [1.54, 1.807) is 12.1 Å². The summed E-state index contributed by atoms with van der Waals surface area (Å²) in [5.41, 5.74) is 1.57. The normalized spacial score (nSPS) is 13.9. The topological polar surface area (TPSA) is 66.5 Å². The zero-order valence-electron chi connectivity index (χ0n) is 16.8. The van der Waals surface area contributed by atoms with Crippen LogP contribution in [0.5, 0.6) is 0 Å². The highest BCUT2D eigenvalue weighted by atomic mass is 32.2. The van der Waals surface area contributed by atoms with E-state index >= 15 is 0 Å². The molecule has 0 aliphatic carbocycles. The second kappa shape index (κ2) is 10.6. The number of hydrogen-bond donors (Lipinski definition) is 1. The van der Waals surface area contributed by atoms with Crippen molar-refractivity contribution in [2.24, 2.45) is 5.92 Å². The number of carbonyl (C=O) groups excluding carboxylic acids is 1. The van der Waals surface area contributed by atoms with Crippen LogP contribution < -0.4 is 9.62 Å². The maximum atomic E-state index is 12.8. The first-order valence-electron chi connectivity index (χ1n) is 9.58. The van der Waals surface area contributed by atoms with Crippen LogP contribution in [0.15, 0.2) is 24.3 Å². The first kappa shape index (κ1) is 22.5. The van der Waals surface area contributed by atoms with Gasteiger partial charge in [-0.15, -0.1) is 0 Å². The van der Waals surface area contributed by atoms with Crippen LogP contribution in [0.1, 0.15) is 58.4 Å². The standard InChI is InChI=1S/C20H34N2O3S/c1-6-9-10-17(7-2)15-21-20(23)19(8-3)22(26(5,24)25)18-13-11-16(4)12-14-18/h11-14,17,19H,6-10,15H2,1-5H3,(H,21,23)/t17-,19-/m1/s1. The maximum absolute atomic E-state index is 12.8. The van der Waals surface area contributed by atoms with Crippen LogP contribution in [-0.4, -0.2) is 33.2 Å². The third-order valence-electron chi connectivity index (χ3n) is 4.73. The zero-order chi connectivity index (χ0) is 19.7. The number of nitrogens with zero attached hydrogens (tertiary/aromatic N) is 1. The predicted octanol–water partition coefficient (Wildman–Crippen LogP) is 3.87. The Kier molecular flexibility index (Phi) is 9.13. The van der Waals surface area contributed by atoms with Crippen LogP contribution >= 0.6 is 0 Å². The molecule has 0 aliphatic rings. The lowest BCUT2D eigenvalue weighted by Crippen LogP contribution is -2.50. The average molecular weight is 383 g/mol. The van der Waals surface area contributed by atoms with Crippen LogP contribution in [0.4, 0.5) is 5.69 Å². The van der Waals surface area contributed by atoms with Gasteiger partial charge in [0.25, 0.3) is 0 Å². The summed E-state index contributed by atoms with van der Waals surface area (Å²) in [4.78, 5) is 12.8. The molecule has 1 N–H and O–H groups in total. The van der Waals surface area contributed by atoms with E-state index in [2.05, 4.69) is 19.2 Å². The second-order valence-electron chi connectivity index (χ2n) is 6.98. The van der Waals surface area contributed by atoms with Crippen molar-refractivity contribution in [3.05, 3.63) is 29.8 Å². The molecule has 0 aromatic heterocycles. The van der Waals surface area contributed by atoms with Crippen LogP contribution in [0, 0.1) is 12.8 Å². The number of nitrogens with one attached hydrogen (secondary N) is 1. The molecule has 6 heteroatoms. The molecule has 0 aliphatic heterocycles. The first-order chi connectivity index (χ1) is 12.2. The van der Waals surface area contributed by atoms with Gasteiger partial charge in [0.15, 0.2) is 0 Å². The Bertz CT molecular complexity index is 656. The van der Waals surface area contributed by atoms with Crippen molar-refractivity contribution < 1.29 is 13.2 Å². The Labute approximate surface area is 159 Å². The molecule has 0 unspecified atom stereocenters. The van der Waals surface area contributed by atoms with E-state index < -0.39 is 16.1 Å². The Morgan fingerprint density at radius 3 is 2.19 bits per heavy atom. The Morgan fingerprint density at radius 1 is 1.12 bits per heavy atom. The fraction of sp³-hybridized carbons (Fsp3) is 0.650. The number of benzene rings is 1. The molecule has 148 valence electrons. The van der Waals surface area contributed by atoms with Crippen LogP contribution in [-0.2, 0) is 14.8 Å². The average Bonchev–Trinajstić information content (AvgIpc) is 2.59. The SMILES string of the molecule is CCCC[C@@H](CC)CNC(=O)[C@@H](CC)N(c1ccc(C)cc1)S(C)(=O)=O. The summed E-state index contributed by atoms with van der Waals surface area (Å²) in [5, 5.41) is 2.98. The van der Waals surface area contributed by atoms with Crippen LogP contribution in [0.25, 0.3) is 0 Å². The fourth-order valence-corrected chi connectivity index (χ4v) is 4.27. The largest absolute Gasteiger partial charge is 0.354 e. The lowest BCUT2D eigenvalue weighted by atomic mass is 9.99. The molecule has 1 rings (SSSR count). The number of rotatable bonds is 11. The smallest absolute Gasteiger partial charge is 0.243 e. The summed E-state index contributed by atoms with van der Waals surface area (Å²) < 4.78 is 26.1. The Balaban J connectivity index is 2.96.